The Morgan fingerprint density at radius 1 is 0.794 bits per heavy atom. The number of rotatable bonds is 3. The van der Waals surface area contributed by atoms with Gasteiger partial charge in [0.2, 0.25) is 0 Å². The molecular formula is C30H38Cl2SiZr. The topological polar surface area (TPSA) is 0 Å². The van der Waals surface area contributed by atoms with E-state index in [1.165, 1.54) is 39.0 Å². The molecule has 4 heteroatoms. The zero-order chi connectivity index (χ0) is 23.5. The fourth-order valence-corrected chi connectivity index (χ4v) is 25.7. The van der Waals surface area contributed by atoms with E-state index < -0.39 is 20.4 Å². The fourth-order valence-electron chi connectivity index (χ4n) is 5.98. The molecule has 34 heavy (non-hydrogen) atoms. The molecule has 0 N–H and O–H groups in total. The third kappa shape index (κ3) is 4.70. The van der Waals surface area contributed by atoms with Gasteiger partial charge < -0.3 is 24.8 Å². The Bertz CT molecular complexity index is 1250. The Kier molecular flexibility index (Phi) is 9.71. The van der Waals surface area contributed by atoms with Crippen LogP contribution >= 0.6 is 0 Å². The molecular weight excluding hydrogens is 551 g/mol. The van der Waals surface area contributed by atoms with Gasteiger partial charge in [-0.3, -0.25) is 0 Å². The van der Waals surface area contributed by atoms with Crippen LogP contribution in [0, 0.1) is 33.6 Å². The Morgan fingerprint density at radius 3 is 1.85 bits per heavy atom. The second-order valence-electron chi connectivity index (χ2n) is 10.3. The smallest absolute Gasteiger partial charge is 1.00 e. The summed E-state index contributed by atoms with van der Waals surface area (Å²) in [5.74, 6) is 0.651. The van der Waals surface area contributed by atoms with E-state index >= 15 is 0 Å². The molecule has 0 aliphatic heterocycles. The molecule has 0 amide bonds. The van der Waals surface area contributed by atoms with Gasteiger partial charge in [0, 0.05) is 0 Å². The first-order valence-electron chi connectivity index (χ1n) is 12.0. The molecule has 0 aromatic heterocycles. The standard InChI is InChI=1S/C19H19.C9H13.C2H6Si.2ClH.Zr/c1-12-11-13(2)15(4)19(14(12)3)18-10-9-16-7-5-6-8-17(16)18;1-6-5-7(2)9(4)8(6)3;1-3-2;;;/h5-11H,1-4H3;6H,1-4H3;1-2H3;2*1H;/q;;;;;+2/p-2. The van der Waals surface area contributed by atoms with Gasteiger partial charge in [-0.2, -0.15) is 0 Å². The molecule has 0 bridgehead atoms. The van der Waals surface area contributed by atoms with Crippen LogP contribution in [-0.2, 0) is 20.4 Å². The zero-order valence-electron chi connectivity index (χ0n) is 22.4. The van der Waals surface area contributed by atoms with E-state index in [9.17, 15) is 0 Å². The third-order valence-electron chi connectivity index (χ3n) is 8.34. The largest absolute Gasteiger partial charge is 1.00 e. The predicted octanol–water partition coefficient (Wildman–Crippen LogP) is 2.54. The first-order chi connectivity index (χ1) is 15.1. The maximum atomic E-state index is 2.74. The van der Waals surface area contributed by atoms with E-state index in [1.807, 2.05) is 3.28 Å². The minimum atomic E-state index is -1.95. The molecule has 0 nitrogen and oxygen atoms in total. The minimum absolute atomic E-state index is 0. The summed E-state index contributed by atoms with van der Waals surface area (Å²) in [6.07, 6.45) is 2.74. The molecule has 2 atom stereocenters. The van der Waals surface area contributed by atoms with E-state index in [0.717, 1.165) is 0 Å². The van der Waals surface area contributed by atoms with Gasteiger partial charge in [-0.15, -0.1) is 0 Å². The van der Waals surface area contributed by atoms with Gasteiger partial charge in [0.15, 0.2) is 0 Å². The van der Waals surface area contributed by atoms with Crippen molar-refractivity contribution in [3.05, 3.63) is 95.4 Å². The zero-order valence-corrected chi connectivity index (χ0v) is 27.3. The molecule has 2 aromatic carbocycles. The summed E-state index contributed by atoms with van der Waals surface area (Å²) in [6, 6.07) is 11.7. The maximum Gasteiger partial charge on any atom is -1.00 e. The van der Waals surface area contributed by atoms with Crippen LogP contribution in [-0.4, -0.2) is 5.43 Å². The average Bonchev–Trinajstić information content (AvgIpc) is 3.20. The van der Waals surface area contributed by atoms with Crippen LogP contribution in [0.25, 0.3) is 5.57 Å². The third-order valence-corrected chi connectivity index (χ3v) is 26.9. The van der Waals surface area contributed by atoms with Crippen molar-refractivity contribution in [2.75, 3.05) is 0 Å². The van der Waals surface area contributed by atoms with E-state index in [1.54, 1.807) is 22.3 Å². The maximum absolute atomic E-state index is 2.74. The van der Waals surface area contributed by atoms with Crippen LogP contribution in [0.2, 0.25) is 13.1 Å². The van der Waals surface area contributed by atoms with Gasteiger partial charge in [-0.1, -0.05) is 0 Å². The van der Waals surface area contributed by atoms with Gasteiger partial charge in [-0.25, -0.2) is 0 Å². The molecule has 2 aliphatic rings. The summed E-state index contributed by atoms with van der Waals surface area (Å²) in [6.45, 7) is 24.1. The Labute approximate surface area is 228 Å². The van der Waals surface area contributed by atoms with Crippen molar-refractivity contribution in [3.63, 3.8) is 0 Å². The van der Waals surface area contributed by atoms with Gasteiger partial charge in [0.05, 0.1) is 0 Å². The SMILES string of the molecule is CC1=C(C)C(C)[C]([Zr+2]([CH]2C=C(c3c(C)c(C)cc(C)c3C)c3ccccc32)=[Si](C)C)=C1C.[Cl-].[Cl-]. The van der Waals surface area contributed by atoms with Crippen LogP contribution in [0.3, 0.4) is 0 Å². The van der Waals surface area contributed by atoms with Gasteiger partial charge in [0.1, 0.15) is 0 Å². The number of aryl methyl sites for hydroxylation is 2. The number of halogens is 2. The number of fused-ring (bicyclic) bond motifs is 1. The molecule has 0 heterocycles. The van der Waals surface area contributed by atoms with Crippen molar-refractivity contribution in [3.8, 4) is 0 Å². The summed E-state index contributed by atoms with van der Waals surface area (Å²) >= 11 is -1.95. The monoisotopic (exact) mass is 586 g/mol. The van der Waals surface area contributed by atoms with E-state index in [0.29, 0.717) is 9.54 Å². The Hall–Kier alpha value is -0.660. The summed E-state index contributed by atoms with van der Waals surface area (Å²) in [4.78, 5) is 0. The Morgan fingerprint density at radius 2 is 1.35 bits per heavy atom. The van der Waals surface area contributed by atoms with Crippen LogP contribution in [0.4, 0.5) is 0 Å². The van der Waals surface area contributed by atoms with Crippen LogP contribution < -0.4 is 24.8 Å². The van der Waals surface area contributed by atoms with E-state index in [2.05, 4.69) is 105 Å². The summed E-state index contributed by atoms with van der Waals surface area (Å²) in [5, 5.41) is 0. The predicted molar refractivity (Wildman–Crippen MR) is 139 cm³/mol. The second kappa shape index (κ2) is 11.2. The van der Waals surface area contributed by atoms with E-state index in [4.69, 9.17) is 0 Å². The summed E-state index contributed by atoms with van der Waals surface area (Å²) in [5.41, 5.74) is 16.3. The number of hydrogen-bond donors (Lipinski definition) is 0. The molecule has 0 saturated carbocycles. The normalized spacial score (nSPS) is 18.7. The molecule has 2 aliphatic carbocycles. The molecule has 0 spiro atoms. The molecule has 0 fully saturated rings. The molecule has 0 radical (unpaired) electrons. The van der Waals surface area contributed by atoms with Gasteiger partial charge in [0.25, 0.3) is 0 Å². The Balaban J connectivity index is 0.00000204. The van der Waals surface area contributed by atoms with Crippen molar-refractivity contribution in [2.24, 2.45) is 5.92 Å². The second-order valence-corrected chi connectivity index (χ2v) is 27.7. The number of hydrogen-bond acceptors (Lipinski definition) is 0. The van der Waals surface area contributed by atoms with Gasteiger partial charge >= 0.3 is 205 Å². The first-order valence-corrected chi connectivity index (χ1v) is 20.8. The van der Waals surface area contributed by atoms with Crippen molar-refractivity contribution < 1.29 is 45.2 Å². The van der Waals surface area contributed by atoms with Crippen molar-refractivity contribution in [2.45, 2.75) is 72.1 Å². The molecule has 4 rings (SSSR count). The van der Waals surface area contributed by atoms with Crippen molar-refractivity contribution >= 4 is 11.0 Å². The molecule has 2 aromatic rings. The van der Waals surface area contributed by atoms with E-state index in [-0.39, 0.29) is 30.2 Å². The first kappa shape index (κ1) is 29.6. The minimum Gasteiger partial charge on any atom is -1.00 e. The van der Waals surface area contributed by atoms with Crippen molar-refractivity contribution in [1.29, 1.82) is 0 Å². The molecule has 0 saturated heterocycles. The molecule has 180 valence electrons. The van der Waals surface area contributed by atoms with Gasteiger partial charge in [-0.05, 0) is 0 Å². The molecule has 2 unspecified atom stereocenters. The summed E-state index contributed by atoms with van der Waals surface area (Å²) in [7, 11) is 0. The number of allylic oxidation sites excluding steroid dienone is 5. The number of benzene rings is 2. The quantitative estimate of drug-likeness (QED) is 0.484. The van der Waals surface area contributed by atoms with Crippen molar-refractivity contribution in [1.82, 2.24) is 0 Å². The van der Waals surface area contributed by atoms with Crippen LogP contribution in [0.1, 0.15) is 70.3 Å². The average molecular weight is 589 g/mol. The fraction of sp³-hybridized carbons (Fsp3) is 0.400. The summed E-state index contributed by atoms with van der Waals surface area (Å²) < 4.78 is 2.57. The van der Waals surface area contributed by atoms with Crippen LogP contribution in [0.5, 0.6) is 0 Å². The van der Waals surface area contributed by atoms with Crippen LogP contribution in [0.15, 0.2) is 56.4 Å².